The van der Waals surface area contributed by atoms with E-state index >= 15 is 0 Å². The summed E-state index contributed by atoms with van der Waals surface area (Å²) in [5.74, 6) is -0.843. The molecule has 0 spiro atoms. The summed E-state index contributed by atoms with van der Waals surface area (Å²) in [5.41, 5.74) is 3.20. The van der Waals surface area contributed by atoms with Crippen molar-refractivity contribution in [2.45, 2.75) is 20.8 Å². The fourth-order valence-electron chi connectivity index (χ4n) is 1.52. The molecular weight excluding hydrogens is 265 g/mol. The van der Waals surface area contributed by atoms with Gasteiger partial charge in [-0.25, -0.2) is 4.79 Å². The molecule has 1 rings (SSSR count). The van der Waals surface area contributed by atoms with Crippen molar-refractivity contribution in [2.24, 2.45) is 0 Å². The molecule has 0 fully saturated rings. The summed E-state index contributed by atoms with van der Waals surface area (Å²) in [4.78, 5) is 10.8. The largest absolute Gasteiger partial charge is 0.478 e. The zero-order chi connectivity index (χ0) is 9.30. The van der Waals surface area contributed by atoms with Gasteiger partial charge in [0, 0.05) is 27.3 Å². The maximum absolute atomic E-state index is 10.8. The van der Waals surface area contributed by atoms with Crippen molar-refractivity contribution in [1.82, 2.24) is 0 Å². The van der Waals surface area contributed by atoms with Crippen molar-refractivity contribution < 1.29 is 37.2 Å². The quantitative estimate of drug-likeness (QED) is 0.799. The van der Waals surface area contributed by atoms with Crippen LogP contribution in [-0.4, -0.2) is 11.1 Å². The van der Waals surface area contributed by atoms with Crippen LogP contribution in [0.1, 0.15) is 27.0 Å². The Bertz CT molecular complexity index is 309. The first-order valence-electron chi connectivity index (χ1n) is 3.83. The summed E-state index contributed by atoms with van der Waals surface area (Å²) in [6.45, 7) is 5.61. The van der Waals surface area contributed by atoms with Crippen LogP contribution in [0.4, 0.5) is 0 Å². The Morgan fingerprint density at radius 3 is 1.85 bits per heavy atom. The van der Waals surface area contributed by atoms with E-state index < -0.39 is 5.97 Å². The van der Waals surface area contributed by atoms with Gasteiger partial charge >= 0.3 is 5.97 Å². The van der Waals surface area contributed by atoms with E-state index in [-0.39, 0.29) is 27.3 Å². The molecular formula is C10H12CdO2. The second kappa shape index (κ2) is 4.74. The number of rotatable bonds is 1. The molecule has 1 aromatic carbocycles. The Kier molecular flexibility index (Phi) is 4.60. The number of hydrogen-bond donors (Lipinski definition) is 1. The average molecular weight is 277 g/mol. The van der Waals surface area contributed by atoms with Crippen LogP contribution in [-0.2, 0) is 27.3 Å². The molecule has 0 atom stereocenters. The van der Waals surface area contributed by atoms with Crippen LogP contribution in [0, 0.1) is 20.8 Å². The van der Waals surface area contributed by atoms with Crippen LogP contribution in [0.2, 0.25) is 0 Å². The fraction of sp³-hybridized carbons (Fsp3) is 0.300. The fourth-order valence-corrected chi connectivity index (χ4v) is 1.52. The third-order valence-corrected chi connectivity index (χ3v) is 1.89. The summed E-state index contributed by atoms with van der Waals surface area (Å²) in [6.07, 6.45) is 0. The minimum absolute atomic E-state index is 0. The van der Waals surface area contributed by atoms with E-state index in [4.69, 9.17) is 5.11 Å². The Labute approximate surface area is 98.1 Å². The van der Waals surface area contributed by atoms with Gasteiger partial charge in [-0.15, -0.1) is 0 Å². The number of aryl methyl sites for hydroxylation is 3. The molecule has 2 nitrogen and oxygen atoms in total. The van der Waals surface area contributed by atoms with Crippen molar-refractivity contribution in [3.8, 4) is 0 Å². The van der Waals surface area contributed by atoms with Crippen molar-refractivity contribution in [3.05, 3.63) is 34.4 Å². The molecule has 66 valence electrons. The molecule has 0 aliphatic heterocycles. The molecule has 0 aliphatic carbocycles. The van der Waals surface area contributed by atoms with E-state index in [1.165, 1.54) is 0 Å². The van der Waals surface area contributed by atoms with E-state index in [1.807, 2.05) is 32.9 Å². The van der Waals surface area contributed by atoms with Crippen molar-refractivity contribution in [2.75, 3.05) is 0 Å². The second-order valence-corrected chi connectivity index (χ2v) is 3.08. The van der Waals surface area contributed by atoms with Crippen LogP contribution in [0.15, 0.2) is 12.1 Å². The molecule has 0 radical (unpaired) electrons. The minimum atomic E-state index is -0.843. The molecule has 13 heavy (non-hydrogen) atoms. The maximum Gasteiger partial charge on any atom is 0.336 e. The minimum Gasteiger partial charge on any atom is -0.478 e. The van der Waals surface area contributed by atoms with Gasteiger partial charge in [0.15, 0.2) is 0 Å². The molecule has 0 amide bonds. The van der Waals surface area contributed by atoms with Crippen LogP contribution >= 0.6 is 0 Å². The molecule has 0 saturated carbocycles. The number of carbonyl (C=O) groups is 1. The second-order valence-electron chi connectivity index (χ2n) is 3.08. The third-order valence-electron chi connectivity index (χ3n) is 1.89. The predicted molar refractivity (Wildman–Crippen MR) is 47.6 cm³/mol. The standard InChI is InChI=1S/C10H12O2.Cd/c1-6-4-7(2)9(10(11)12)8(3)5-6;/h4-5H,1-3H3,(H,11,12);. The van der Waals surface area contributed by atoms with Gasteiger partial charge in [-0.1, -0.05) is 17.7 Å². The number of carboxylic acid groups (broad SMARTS) is 1. The van der Waals surface area contributed by atoms with Gasteiger partial charge in [0.2, 0.25) is 0 Å². The summed E-state index contributed by atoms with van der Waals surface area (Å²) in [5, 5.41) is 8.84. The summed E-state index contributed by atoms with van der Waals surface area (Å²) in [7, 11) is 0. The number of benzene rings is 1. The number of aromatic carboxylic acids is 1. The van der Waals surface area contributed by atoms with Crippen molar-refractivity contribution in [3.63, 3.8) is 0 Å². The Balaban J connectivity index is 0.00000144. The molecule has 0 aromatic heterocycles. The summed E-state index contributed by atoms with van der Waals surface area (Å²) in [6, 6.07) is 3.77. The zero-order valence-corrected chi connectivity index (χ0v) is 12.3. The molecule has 0 unspecified atom stereocenters. The van der Waals surface area contributed by atoms with Crippen LogP contribution in [0.3, 0.4) is 0 Å². The SMILES string of the molecule is Cc1cc(C)c(C(=O)O)c(C)c1.[Cd]. The first kappa shape index (κ1) is 12.6. The number of hydrogen-bond acceptors (Lipinski definition) is 1. The molecule has 0 saturated heterocycles. The van der Waals surface area contributed by atoms with Gasteiger partial charge in [-0.3, -0.25) is 0 Å². The topological polar surface area (TPSA) is 37.3 Å². The zero-order valence-electron chi connectivity index (χ0n) is 8.22. The molecule has 3 heteroatoms. The number of carboxylic acids is 1. The first-order valence-corrected chi connectivity index (χ1v) is 3.83. The van der Waals surface area contributed by atoms with Crippen LogP contribution < -0.4 is 0 Å². The van der Waals surface area contributed by atoms with E-state index in [2.05, 4.69) is 0 Å². The Hall–Kier alpha value is -0.388. The van der Waals surface area contributed by atoms with Crippen LogP contribution in [0.5, 0.6) is 0 Å². The normalized spacial score (nSPS) is 9.15. The summed E-state index contributed by atoms with van der Waals surface area (Å²) >= 11 is 0. The smallest absolute Gasteiger partial charge is 0.336 e. The predicted octanol–water partition coefficient (Wildman–Crippen LogP) is 2.31. The van der Waals surface area contributed by atoms with E-state index in [0.717, 1.165) is 16.7 Å². The average Bonchev–Trinajstić information content (AvgIpc) is 1.82. The molecule has 0 heterocycles. The molecule has 0 bridgehead atoms. The van der Waals surface area contributed by atoms with Crippen molar-refractivity contribution >= 4 is 5.97 Å². The van der Waals surface area contributed by atoms with E-state index in [1.54, 1.807) is 0 Å². The molecule has 0 aliphatic rings. The monoisotopic (exact) mass is 278 g/mol. The Morgan fingerprint density at radius 1 is 1.15 bits per heavy atom. The van der Waals surface area contributed by atoms with Crippen molar-refractivity contribution in [1.29, 1.82) is 0 Å². The van der Waals surface area contributed by atoms with Crippen LogP contribution in [0.25, 0.3) is 0 Å². The summed E-state index contributed by atoms with van der Waals surface area (Å²) < 4.78 is 0. The third kappa shape index (κ3) is 2.79. The van der Waals surface area contributed by atoms with Gasteiger partial charge in [0.1, 0.15) is 0 Å². The van der Waals surface area contributed by atoms with Gasteiger partial charge < -0.3 is 5.11 Å². The van der Waals surface area contributed by atoms with Gasteiger partial charge in [0.05, 0.1) is 5.56 Å². The van der Waals surface area contributed by atoms with E-state index in [9.17, 15) is 4.79 Å². The molecule has 1 N–H and O–H groups in total. The maximum atomic E-state index is 10.8. The molecule has 1 aromatic rings. The Morgan fingerprint density at radius 2 is 1.54 bits per heavy atom. The first-order chi connectivity index (χ1) is 5.52. The van der Waals surface area contributed by atoms with Gasteiger partial charge in [-0.2, -0.15) is 0 Å². The van der Waals surface area contributed by atoms with Gasteiger partial charge in [0.25, 0.3) is 0 Å². The van der Waals surface area contributed by atoms with E-state index in [0.29, 0.717) is 5.56 Å². The van der Waals surface area contributed by atoms with Gasteiger partial charge in [-0.05, 0) is 31.9 Å².